The number of anilines is 1. The fraction of sp³-hybridized carbons (Fsp3) is 0.500. The number of benzene rings is 1. The minimum atomic E-state index is -2.58. The monoisotopic (exact) mass is 534 g/mol. The second-order valence-corrected chi connectivity index (χ2v) is 11.8. The van der Waals surface area contributed by atoms with E-state index in [2.05, 4.69) is 18.8 Å². The van der Waals surface area contributed by atoms with Crippen LogP contribution in [0.1, 0.15) is 68.6 Å². The molecule has 0 bridgehead atoms. The molecule has 0 spiro atoms. The maximum Gasteiger partial charge on any atom is 0.255 e. The molecule has 1 aromatic rings. The van der Waals surface area contributed by atoms with E-state index in [1.54, 1.807) is 6.07 Å². The summed E-state index contributed by atoms with van der Waals surface area (Å²) in [7, 11) is 3.67. The Hall–Kier alpha value is -3.77. The summed E-state index contributed by atoms with van der Waals surface area (Å²) in [5, 5.41) is 45.0. The number of rotatable bonds is 2. The average molecular weight is 535 g/mol. The van der Waals surface area contributed by atoms with Crippen LogP contribution in [0.5, 0.6) is 5.75 Å². The van der Waals surface area contributed by atoms with Gasteiger partial charge in [-0.15, -0.1) is 0 Å². The highest BCUT2D eigenvalue weighted by Crippen LogP contribution is 2.53. The van der Waals surface area contributed by atoms with Crippen LogP contribution in [0.25, 0.3) is 5.76 Å². The molecule has 4 aliphatic rings. The van der Waals surface area contributed by atoms with Gasteiger partial charge in [0, 0.05) is 43.1 Å². The molecule has 4 aliphatic carbocycles. The summed E-state index contributed by atoms with van der Waals surface area (Å²) in [5.74, 6) is 0.0436. The van der Waals surface area contributed by atoms with Crippen LogP contribution >= 0.6 is 0 Å². The fourth-order valence-electron chi connectivity index (χ4n) is 6.84. The predicted molar refractivity (Wildman–Crippen MR) is 144 cm³/mol. The summed E-state index contributed by atoms with van der Waals surface area (Å²) in [6, 6.07) is 1.78. The molecule has 6 N–H and O–H groups in total. The smallest absolute Gasteiger partial charge is 0.255 e. The fourth-order valence-corrected chi connectivity index (χ4v) is 6.84. The number of hydrogen-bond acceptors (Lipinski definition) is 8. The van der Waals surface area contributed by atoms with E-state index >= 15 is 0 Å². The van der Waals surface area contributed by atoms with Gasteiger partial charge in [-0.2, -0.15) is 0 Å². The first-order valence-electron chi connectivity index (χ1n) is 13.4. The number of phenolic OH excluding ortho intramolecular Hbond substituents is 1. The summed E-state index contributed by atoms with van der Waals surface area (Å²) in [5.41, 5.74) is 3.26. The Morgan fingerprint density at radius 1 is 1.10 bits per heavy atom. The van der Waals surface area contributed by atoms with Crippen LogP contribution in [0.15, 0.2) is 23.0 Å². The number of carbonyl (C=O) groups excluding carboxylic acids is 3. The number of aromatic hydroxyl groups is 1. The highest BCUT2D eigenvalue weighted by atomic mass is 16.3. The summed E-state index contributed by atoms with van der Waals surface area (Å²) >= 11 is 0. The van der Waals surface area contributed by atoms with E-state index in [1.165, 1.54) is 6.42 Å². The number of Topliss-reactive ketones (excluding diaryl/α,β-unsaturated/α-hetero) is 2. The van der Waals surface area contributed by atoms with E-state index in [9.17, 15) is 34.8 Å². The predicted octanol–water partition coefficient (Wildman–Crippen LogP) is 2.81. The zero-order chi connectivity index (χ0) is 28.4. The maximum absolute atomic E-state index is 13.8. The molecular weight excluding hydrogens is 500 g/mol. The lowest BCUT2D eigenvalue weighted by Gasteiger charge is -2.46. The molecular formula is C30H34N2O7. The van der Waals surface area contributed by atoms with Gasteiger partial charge in [-0.1, -0.05) is 31.1 Å². The molecule has 9 heteroatoms. The molecule has 2 saturated carbocycles. The van der Waals surface area contributed by atoms with Crippen LogP contribution in [-0.4, -0.2) is 57.6 Å². The first-order valence-corrected chi connectivity index (χ1v) is 13.4. The van der Waals surface area contributed by atoms with Gasteiger partial charge in [0.15, 0.2) is 11.4 Å². The maximum atomic E-state index is 13.8. The minimum absolute atomic E-state index is 0.0615. The van der Waals surface area contributed by atoms with Crippen molar-refractivity contribution in [2.45, 2.75) is 63.9 Å². The number of ketones is 2. The second-order valence-electron chi connectivity index (χ2n) is 11.8. The van der Waals surface area contributed by atoms with Crippen LogP contribution in [0, 0.1) is 29.1 Å². The van der Waals surface area contributed by atoms with Gasteiger partial charge in [0.2, 0.25) is 5.78 Å². The van der Waals surface area contributed by atoms with Gasteiger partial charge in [0.1, 0.15) is 22.8 Å². The van der Waals surface area contributed by atoms with E-state index in [0.717, 1.165) is 31.4 Å². The molecule has 3 atom stereocenters. The summed E-state index contributed by atoms with van der Waals surface area (Å²) < 4.78 is 0. The molecule has 9 nitrogen and oxygen atoms in total. The summed E-state index contributed by atoms with van der Waals surface area (Å²) in [4.78, 5) is 40.0. The van der Waals surface area contributed by atoms with Crippen molar-refractivity contribution < 1.29 is 34.8 Å². The number of carbonyl (C=O) groups is 3. The van der Waals surface area contributed by atoms with Crippen molar-refractivity contribution in [3.8, 4) is 17.6 Å². The average Bonchev–Trinajstić information content (AvgIpc) is 2.85. The molecule has 39 heavy (non-hydrogen) atoms. The lowest BCUT2D eigenvalue weighted by atomic mass is 9.59. The standard InChI is InChI=1S/C30H34N2O7/c1-29(8-5-4-6-9-29)10-7-15-13-19(32(2)3)18-12-16-11-17-14-20(33)23(28(31)38)27(37)30(17,39)26(36)21(16)25(35)22(18)24(15)34/h13,16-17,34-35,37,39H,4-6,8-9,11-12,14H2,1-3H3,(H2,31,38). The number of phenols is 1. The largest absolute Gasteiger partial charge is 0.508 e. The third kappa shape index (κ3) is 4.00. The second kappa shape index (κ2) is 9.16. The van der Waals surface area contributed by atoms with Gasteiger partial charge in [-0.25, -0.2) is 0 Å². The van der Waals surface area contributed by atoms with Crippen LogP contribution in [0.4, 0.5) is 5.69 Å². The molecule has 0 radical (unpaired) electrons. The highest BCUT2D eigenvalue weighted by Gasteiger charge is 2.60. The Morgan fingerprint density at radius 3 is 2.38 bits per heavy atom. The molecule has 3 unspecified atom stereocenters. The first-order chi connectivity index (χ1) is 18.3. The number of nitrogens with two attached hydrogens (primary N) is 1. The van der Waals surface area contributed by atoms with Gasteiger partial charge in [0.25, 0.3) is 5.91 Å². The normalized spacial score (nSPS) is 27.7. The van der Waals surface area contributed by atoms with Crippen molar-refractivity contribution in [3.63, 3.8) is 0 Å². The number of aliphatic hydroxyl groups is 3. The molecule has 0 heterocycles. The van der Waals surface area contributed by atoms with E-state index in [1.807, 2.05) is 19.0 Å². The van der Waals surface area contributed by atoms with Crippen molar-refractivity contribution >= 4 is 28.9 Å². The van der Waals surface area contributed by atoms with Crippen molar-refractivity contribution in [2.75, 3.05) is 19.0 Å². The third-order valence-electron chi connectivity index (χ3n) is 8.98. The Morgan fingerprint density at radius 2 is 1.77 bits per heavy atom. The molecule has 206 valence electrons. The molecule has 2 fully saturated rings. The van der Waals surface area contributed by atoms with E-state index in [-0.39, 0.29) is 41.6 Å². The van der Waals surface area contributed by atoms with E-state index < -0.39 is 52.0 Å². The highest BCUT2D eigenvalue weighted by molar-refractivity contribution is 6.22. The number of nitrogens with zero attached hydrogens (tertiary/aromatic N) is 1. The number of amides is 1. The van der Waals surface area contributed by atoms with E-state index in [4.69, 9.17) is 5.73 Å². The minimum Gasteiger partial charge on any atom is -0.508 e. The van der Waals surface area contributed by atoms with Gasteiger partial charge in [-0.05, 0) is 50.2 Å². The zero-order valence-electron chi connectivity index (χ0n) is 22.4. The first kappa shape index (κ1) is 26.8. The zero-order valence-corrected chi connectivity index (χ0v) is 22.4. The molecule has 0 aliphatic heterocycles. The van der Waals surface area contributed by atoms with Crippen molar-refractivity contribution in [2.24, 2.45) is 23.0 Å². The number of aliphatic hydroxyl groups excluding tert-OH is 2. The molecule has 5 rings (SSSR count). The van der Waals surface area contributed by atoms with Crippen LogP contribution < -0.4 is 10.6 Å². The lowest BCUT2D eigenvalue weighted by Crippen LogP contribution is -2.58. The van der Waals surface area contributed by atoms with Crippen LogP contribution in [0.3, 0.4) is 0 Å². The molecule has 1 aromatic carbocycles. The molecule has 1 amide bonds. The van der Waals surface area contributed by atoms with E-state index in [0.29, 0.717) is 11.1 Å². The van der Waals surface area contributed by atoms with Crippen molar-refractivity contribution in [1.29, 1.82) is 0 Å². The van der Waals surface area contributed by atoms with Gasteiger partial charge in [0.05, 0.1) is 11.1 Å². The van der Waals surface area contributed by atoms with Gasteiger partial charge < -0.3 is 31.1 Å². The number of fused-ring (bicyclic) bond motifs is 3. The SMILES string of the molecule is CN(C)c1cc(C#CC2(C)CCCCC2)c(O)c2c1CC1CC3CC(=O)C(C(N)=O)=C(O)C3(O)C(=O)C1=C2O. The third-order valence-corrected chi connectivity index (χ3v) is 8.98. The quantitative estimate of drug-likeness (QED) is 0.286. The Bertz CT molecular complexity index is 1430. The Balaban J connectivity index is 1.68. The summed E-state index contributed by atoms with van der Waals surface area (Å²) in [6.07, 6.45) is 5.28. The topological polar surface area (TPSA) is 161 Å². The number of hydrogen-bond donors (Lipinski definition) is 5. The molecule has 0 saturated heterocycles. The van der Waals surface area contributed by atoms with Crippen LogP contribution in [-0.2, 0) is 20.8 Å². The summed E-state index contributed by atoms with van der Waals surface area (Å²) in [6.45, 7) is 2.11. The Kier molecular flexibility index (Phi) is 6.30. The Labute approximate surface area is 227 Å². The van der Waals surface area contributed by atoms with Gasteiger partial charge >= 0.3 is 0 Å². The van der Waals surface area contributed by atoms with Crippen molar-refractivity contribution in [3.05, 3.63) is 39.7 Å². The lowest BCUT2D eigenvalue weighted by molar-refractivity contribution is -0.147. The molecule has 0 aromatic heterocycles. The van der Waals surface area contributed by atoms with Gasteiger partial charge in [-0.3, -0.25) is 14.4 Å². The number of primary amides is 1. The van der Waals surface area contributed by atoms with Crippen LogP contribution in [0.2, 0.25) is 0 Å². The van der Waals surface area contributed by atoms with Crippen molar-refractivity contribution in [1.82, 2.24) is 0 Å².